The van der Waals surface area contributed by atoms with Gasteiger partial charge in [0.1, 0.15) is 0 Å². The van der Waals surface area contributed by atoms with E-state index in [9.17, 15) is 4.79 Å². The van der Waals surface area contributed by atoms with Crippen LogP contribution in [0.4, 0.5) is 0 Å². The Labute approximate surface area is 118 Å². The smallest absolute Gasteiger partial charge is 0.289 e. The molecule has 0 atom stereocenters. The molecular formula is C15H20N4O. The maximum absolute atomic E-state index is 12.5. The van der Waals surface area contributed by atoms with Gasteiger partial charge >= 0.3 is 0 Å². The van der Waals surface area contributed by atoms with Crippen molar-refractivity contribution in [3.63, 3.8) is 0 Å². The van der Waals surface area contributed by atoms with Gasteiger partial charge < -0.3 is 5.32 Å². The minimum atomic E-state index is -0.179. The average Bonchev–Trinajstić information content (AvgIpc) is 3.10. The first kappa shape index (κ1) is 13.1. The molecular weight excluding hydrogens is 252 g/mol. The summed E-state index contributed by atoms with van der Waals surface area (Å²) in [4.78, 5) is 16.7. The molecule has 1 aliphatic carbocycles. The molecule has 5 nitrogen and oxygen atoms in total. The Morgan fingerprint density at radius 1 is 1.40 bits per heavy atom. The zero-order valence-electron chi connectivity index (χ0n) is 12.4. The summed E-state index contributed by atoms with van der Waals surface area (Å²) < 4.78 is 1.64. The van der Waals surface area contributed by atoms with Crippen molar-refractivity contribution in [3.8, 4) is 0 Å². The number of amides is 1. The molecule has 0 unspecified atom stereocenters. The van der Waals surface area contributed by atoms with Crippen molar-refractivity contribution in [3.05, 3.63) is 29.3 Å². The van der Waals surface area contributed by atoms with Gasteiger partial charge in [-0.25, -0.2) is 9.50 Å². The lowest BCUT2D eigenvalue weighted by atomic mass is 9.99. The molecule has 3 rings (SSSR count). The molecule has 2 aromatic rings. The van der Waals surface area contributed by atoms with Gasteiger partial charge in [-0.05, 0) is 58.1 Å². The molecule has 2 heterocycles. The first-order valence-electron chi connectivity index (χ1n) is 7.03. The van der Waals surface area contributed by atoms with Gasteiger partial charge in [0.2, 0.25) is 5.82 Å². The molecule has 0 spiro atoms. The SMILES string of the molecule is Cc1cc(C)c2cnc(C(=O)NC(C)(C)C3CC3)n2n1. The van der Waals surface area contributed by atoms with E-state index < -0.39 is 0 Å². The van der Waals surface area contributed by atoms with Crippen LogP contribution in [0.15, 0.2) is 12.3 Å². The van der Waals surface area contributed by atoms with Crippen LogP contribution in [0.25, 0.3) is 5.52 Å². The third kappa shape index (κ3) is 2.17. The molecule has 2 aromatic heterocycles. The van der Waals surface area contributed by atoms with E-state index >= 15 is 0 Å². The quantitative estimate of drug-likeness (QED) is 0.932. The molecule has 1 saturated carbocycles. The van der Waals surface area contributed by atoms with E-state index in [0.717, 1.165) is 16.8 Å². The molecule has 5 heteroatoms. The minimum absolute atomic E-state index is 0.153. The number of aryl methyl sites for hydroxylation is 2. The standard InChI is InChI=1S/C15H20N4O/c1-9-7-10(2)18-19-12(9)8-16-13(19)14(20)17-15(3,4)11-5-6-11/h7-8,11H,5-6H2,1-4H3,(H,17,20). The summed E-state index contributed by atoms with van der Waals surface area (Å²) in [6, 6.07) is 1.99. The minimum Gasteiger partial charge on any atom is -0.344 e. The predicted octanol–water partition coefficient (Wildman–Crippen LogP) is 2.26. The summed E-state index contributed by atoms with van der Waals surface area (Å²) in [6.07, 6.45) is 4.08. The fraction of sp³-hybridized carbons (Fsp3) is 0.533. The molecule has 1 aliphatic rings. The Hall–Kier alpha value is -1.91. The van der Waals surface area contributed by atoms with Crippen molar-refractivity contribution in [1.82, 2.24) is 19.9 Å². The second kappa shape index (κ2) is 4.30. The van der Waals surface area contributed by atoms with Gasteiger partial charge in [0.15, 0.2) is 0 Å². The number of hydrogen-bond donors (Lipinski definition) is 1. The van der Waals surface area contributed by atoms with E-state index in [1.165, 1.54) is 12.8 Å². The predicted molar refractivity (Wildman–Crippen MR) is 76.7 cm³/mol. The molecule has 106 valence electrons. The summed E-state index contributed by atoms with van der Waals surface area (Å²) >= 11 is 0. The zero-order valence-corrected chi connectivity index (χ0v) is 12.4. The highest BCUT2D eigenvalue weighted by Gasteiger charge is 2.39. The number of fused-ring (bicyclic) bond motifs is 1. The van der Waals surface area contributed by atoms with Gasteiger partial charge in [0.05, 0.1) is 17.4 Å². The second-order valence-electron chi connectivity index (χ2n) is 6.30. The molecule has 0 saturated heterocycles. The van der Waals surface area contributed by atoms with Gasteiger partial charge in [-0.3, -0.25) is 4.79 Å². The van der Waals surface area contributed by atoms with Crippen molar-refractivity contribution in [2.75, 3.05) is 0 Å². The van der Waals surface area contributed by atoms with Gasteiger partial charge in [0.25, 0.3) is 5.91 Å². The maximum atomic E-state index is 12.5. The molecule has 1 amide bonds. The third-order valence-electron chi connectivity index (χ3n) is 4.06. The summed E-state index contributed by atoms with van der Waals surface area (Å²) in [6.45, 7) is 8.06. The monoisotopic (exact) mass is 272 g/mol. The fourth-order valence-corrected chi connectivity index (χ4v) is 2.70. The molecule has 0 aliphatic heterocycles. The van der Waals surface area contributed by atoms with E-state index in [0.29, 0.717) is 11.7 Å². The zero-order chi connectivity index (χ0) is 14.5. The Morgan fingerprint density at radius 3 is 2.75 bits per heavy atom. The van der Waals surface area contributed by atoms with Crippen molar-refractivity contribution in [2.45, 2.75) is 46.1 Å². The third-order valence-corrected chi connectivity index (χ3v) is 4.06. The molecule has 0 bridgehead atoms. The van der Waals surface area contributed by atoms with Crippen LogP contribution in [-0.2, 0) is 0 Å². The number of carbonyl (C=O) groups excluding carboxylic acids is 1. The number of aromatic nitrogens is 3. The van der Waals surface area contributed by atoms with Gasteiger partial charge in [-0.15, -0.1) is 0 Å². The normalized spacial score (nSPS) is 15.6. The van der Waals surface area contributed by atoms with Gasteiger partial charge in [0, 0.05) is 5.54 Å². The number of carbonyl (C=O) groups is 1. The van der Waals surface area contributed by atoms with Gasteiger partial charge in [-0.2, -0.15) is 5.10 Å². The molecule has 0 radical (unpaired) electrons. The van der Waals surface area contributed by atoms with Crippen LogP contribution in [0.5, 0.6) is 0 Å². The Balaban J connectivity index is 1.95. The van der Waals surface area contributed by atoms with Crippen LogP contribution in [0, 0.1) is 19.8 Å². The lowest BCUT2D eigenvalue weighted by molar-refractivity contribution is 0.0890. The lowest BCUT2D eigenvalue weighted by Gasteiger charge is -2.25. The Bertz CT molecular complexity index is 682. The van der Waals surface area contributed by atoms with E-state index in [1.807, 2.05) is 19.9 Å². The van der Waals surface area contributed by atoms with Crippen LogP contribution in [0.1, 0.15) is 48.6 Å². The van der Waals surface area contributed by atoms with E-state index in [2.05, 4.69) is 29.2 Å². The maximum Gasteiger partial charge on any atom is 0.289 e. The van der Waals surface area contributed by atoms with Crippen molar-refractivity contribution in [2.24, 2.45) is 5.92 Å². The van der Waals surface area contributed by atoms with E-state index in [1.54, 1.807) is 10.7 Å². The van der Waals surface area contributed by atoms with Crippen LogP contribution in [0.3, 0.4) is 0 Å². The lowest BCUT2D eigenvalue weighted by Crippen LogP contribution is -2.45. The first-order valence-corrected chi connectivity index (χ1v) is 7.03. The number of rotatable bonds is 3. The van der Waals surface area contributed by atoms with Gasteiger partial charge in [-0.1, -0.05) is 0 Å². The molecule has 1 fully saturated rings. The van der Waals surface area contributed by atoms with E-state index in [-0.39, 0.29) is 11.4 Å². The number of imidazole rings is 1. The van der Waals surface area contributed by atoms with Crippen LogP contribution < -0.4 is 5.32 Å². The number of nitrogens with one attached hydrogen (secondary N) is 1. The summed E-state index contributed by atoms with van der Waals surface area (Å²) in [5.74, 6) is 0.786. The van der Waals surface area contributed by atoms with Crippen LogP contribution >= 0.6 is 0 Å². The molecule has 0 aromatic carbocycles. The Morgan fingerprint density at radius 2 is 2.10 bits per heavy atom. The first-order chi connectivity index (χ1) is 9.38. The molecule has 20 heavy (non-hydrogen) atoms. The largest absolute Gasteiger partial charge is 0.344 e. The Kier molecular flexibility index (Phi) is 2.81. The summed E-state index contributed by atoms with van der Waals surface area (Å²) in [5, 5.41) is 7.49. The van der Waals surface area contributed by atoms with Crippen molar-refractivity contribution < 1.29 is 4.79 Å². The molecule has 1 N–H and O–H groups in total. The highest BCUT2D eigenvalue weighted by Crippen LogP contribution is 2.39. The van der Waals surface area contributed by atoms with Crippen molar-refractivity contribution in [1.29, 1.82) is 0 Å². The van der Waals surface area contributed by atoms with Crippen LogP contribution in [-0.4, -0.2) is 26.0 Å². The summed E-state index contributed by atoms with van der Waals surface area (Å²) in [7, 11) is 0. The summed E-state index contributed by atoms with van der Waals surface area (Å²) in [5.41, 5.74) is 2.65. The highest BCUT2D eigenvalue weighted by molar-refractivity contribution is 5.92. The van der Waals surface area contributed by atoms with E-state index in [4.69, 9.17) is 0 Å². The van der Waals surface area contributed by atoms with Crippen LogP contribution in [0.2, 0.25) is 0 Å². The number of hydrogen-bond acceptors (Lipinski definition) is 3. The fourth-order valence-electron chi connectivity index (χ4n) is 2.70. The topological polar surface area (TPSA) is 59.3 Å². The van der Waals surface area contributed by atoms with Crippen molar-refractivity contribution >= 4 is 11.4 Å². The second-order valence-corrected chi connectivity index (χ2v) is 6.30. The number of nitrogens with zero attached hydrogens (tertiary/aromatic N) is 3. The highest BCUT2D eigenvalue weighted by atomic mass is 16.2. The average molecular weight is 272 g/mol.